The molecule has 136 valence electrons. The van der Waals surface area contributed by atoms with Gasteiger partial charge in [-0.15, -0.1) is 12.4 Å². The van der Waals surface area contributed by atoms with Crippen LogP contribution in [0.4, 0.5) is 0 Å². The summed E-state index contributed by atoms with van der Waals surface area (Å²) >= 11 is 0. The van der Waals surface area contributed by atoms with Crippen molar-refractivity contribution in [3.8, 4) is 11.5 Å². The highest BCUT2D eigenvalue weighted by Crippen LogP contribution is 2.34. The Hall–Kier alpha value is -1.46. The van der Waals surface area contributed by atoms with Crippen LogP contribution in [-0.2, 0) is 11.3 Å². The highest BCUT2D eigenvalue weighted by atomic mass is 35.5. The number of hydrogen-bond donors (Lipinski definition) is 2. The Morgan fingerprint density at radius 1 is 1.38 bits per heavy atom. The molecule has 0 saturated heterocycles. The van der Waals surface area contributed by atoms with Crippen molar-refractivity contribution in [3.63, 3.8) is 0 Å². The largest absolute Gasteiger partial charge is 0.493 e. The van der Waals surface area contributed by atoms with E-state index in [2.05, 4.69) is 5.32 Å². The summed E-state index contributed by atoms with van der Waals surface area (Å²) < 4.78 is 11.6. The van der Waals surface area contributed by atoms with E-state index in [9.17, 15) is 4.79 Å². The summed E-state index contributed by atoms with van der Waals surface area (Å²) in [5.74, 6) is 1.33. The molecule has 0 heterocycles. The minimum absolute atomic E-state index is 0. The fraction of sp³-hybridized carbons (Fsp3) is 0.611. The SMILES string of the molecule is CCCC(N)C(=O)NCc1cccc(OC)c1OC1CCCC1.Cl. The minimum atomic E-state index is -0.454. The molecule has 0 aliphatic heterocycles. The van der Waals surface area contributed by atoms with E-state index in [0.717, 1.165) is 30.6 Å². The zero-order chi connectivity index (χ0) is 16.7. The second-order valence-electron chi connectivity index (χ2n) is 6.09. The zero-order valence-electron chi connectivity index (χ0n) is 14.5. The fourth-order valence-corrected chi connectivity index (χ4v) is 2.92. The van der Waals surface area contributed by atoms with E-state index in [1.165, 1.54) is 12.8 Å². The molecule has 5 nitrogen and oxygen atoms in total. The number of carbonyl (C=O) groups is 1. The van der Waals surface area contributed by atoms with Gasteiger partial charge in [-0.3, -0.25) is 4.79 Å². The van der Waals surface area contributed by atoms with Gasteiger partial charge in [0.1, 0.15) is 0 Å². The molecule has 3 N–H and O–H groups in total. The third-order valence-corrected chi connectivity index (χ3v) is 4.26. The van der Waals surface area contributed by atoms with E-state index in [0.29, 0.717) is 18.7 Å². The van der Waals surface area contributed by atoms with Crippen LogP contribution >= 0.6 is 12.4 Å². The zero-order valence-corrected chi connectivity index (χ0v) is 15.4. The number of nitrogens with one attached hydrogen (secondary N) is 1. The maximum atomic E-state index is 12.0. The second-order valence-corrected chi connectivity index (χ2v) is 6.09. The molecule has 0 bridgehead atoms. The van der Waals surface area contributed by atoms with Crippen LogP contribution in [0.5, 0.6) is 11.5 Å². The molecule has 1 saturated carbocycles. The lowest BCUT2D eigenvalue weighted by Gasteiger charge is -2.20. The Morgan fingerprint density at radius 2 is 2.08 bits per heavy atom. The third kappa shape index (κ3) is 5.56. The molecule has 24 heavy (non-hydrogen) atoms. The standard InChI is InChI=1S/C18H28N2O3.ClH/c1-3-7-15(19)18(21)20-12-13-8-6-11-16(22-2)17(13)23-14-9-4-5-10-14;/h6,8,11,14-15H,3-5,7,9-10,12,19H2,1-2H3,(H,20,21);1H. The van der Waals surface area contributed by atoms with Crippen LogP contribution in [0, 0.1) is 0 Å². The number of rotatable bonds is 8. The Bertz CT molecular complexity index is 519. The van der Waals surface area contributed by atoms with Crippen LogP contribution in [0.15, 0.2) is 18.2 Å². The smallest absolute Gasteiger partial charge is 0.237 e. The maximum absolute atomic E-state index is 12.0. The molecule has 1 unspecified atom stereocenters. The van der Waals surface area contributed by atoms with E-state index in [-0.39, 0.29) is 24.4 Å². The van der Waals surface area contributed by atoms with E-state index < -0.39 is 6.04 Å². The van der Waals surface area contributed by atoms with Gasteiger partial charge in [-0.25, -0.2) is 0 Å². The molecule has 0 spiro atoms. The Labute approximate surface area is 150 Å². The number of halogens is 1. The predicted molar refractivity (Wildman–Crippen MR) is 97.9 cm³/mol. The molecule has 1 amide bonds. The number of methoxy groups -OCH3 is 1. The number of para-hydroxylation sites is 1. The fourth-order valence-electron chi connectivity index (χ4n) is 2.92. The maximum Gasteiger partial charge on any atom is 0.237 e. The number of nitrogens with two attached hydrogens (primary N) is 1. The molecule has 1 aromatic carbocycles. The Morgan fingerprint density at radius 3 is 2.71 bits per heavy atom. The van der Waals surface area contributed by atoms with E-state index >= 15 is 0 Å². The minimum Gasteiger partial charge on any atom is -0.493 e. The first-order chi connectivity index (χ1) is 11.2. The molecule has 0 aromatic heterocycles. The molecule has 1 aromatic rings. The highest BCUT2D eigenvalue weighted by molar-refractivity contribution is 5.85. The Balaban J connectivity index is 0.00000288. The molecule has 0 radical (unpaired) electrons. The van der Waals surface area contributed by atoms with Gasteiger partial charge in [0, 0.05) is 12.1 Å². The third-order valence-electron chi connectivity index (χ3n) is 4.26. The summed E-state index contributed by atoms with van der Waals surface area (Å²) in [5.41, 5.74) is 6.77. The summed E-state index contributed by atoms with van der Waals surface area (Å²) in [5, 5.41) is 2.90. The summed E-state index contributed by atoms with van der Waals surface area (Å²) in [6.07, 6.45) is 6.38. The molecule has 6 heteroatoms. The van der Waals surface area contributed by atoms with Crippen molar-refractivity contribution in [3.05, 3.63) is 23.8 Å². The van der Waals surface area contributed by atoms with Gasteiger partial charge in [0.25, 0.3) is 0 Å². The lowest BCUT2D eigenvalue weighted by Crippen LogP contribution is -2.40. The second kappa shape index (κ2) is 10.4. The topological polar surface area (TPSA) is 73.6 Å². The molecule has 1 aliphatic carbocycles. The van der Waals surface area contributed by atoms with Gasteiger partial charge in [-0.2, -0.15) is 0 Å². The van der Waals surface area contributed by atoms with Gasteiger partial charge < -0.3 is 20.5 Å². The molecule has 1 atom stereocenters. The quantitative estimate of drug-likeness (QED) is 0.750. The summed E-state index contributed by atoms with van der Waals surface area (Å²) in [4.78, 5) is 12.0. The highest BCUT2D eigenvalue weighted by Gasteiger charge is 2.21. The van der Waals surface area contributed by atoms with Crippen LogP contribution in [-0.4, -0.2) is 25.2 Å². The van der Waals surface area contributed by atoms with Crippen LogP contribution in [0.3, 0.4) is 0 Å². The summed E-state index contributed by atoms with van der Waals surface area (Å²) in [6, 6.07) is 5.30. The van der Waals surface area contributed by atoms with E-state index in [1.54, 1.807) is 7.11 Å². The van der Waals surface area contributed by atoms with Crippen LogP contribution in [0.25, 0.3) is 0 Å². The first-order valence-corrected chi connectivity index (χ1v) is 8.51. The average molecular weight is 357 g/mol. The van der Waals surface area contributed by atoms with Crippen molar-refractivity contribution < 1.29 is 14.3 Å². The van der Waals surface area contributed by atoms with E-state index in [1.807, 2.05) is 25.1 Å². The van der Waals surface area contributed by atoms with Gasteiger partial charge in [0.2, 0.25) is 5.91 Å². The van der Waals surface area contributed by atoms with Crippen molar-refractivity contribution in [1.29, 1.82) is 0 Å². The van der Waals surface area contributed by atoms with Gasteiger partial charge in [-0.1, -0.05) is 25.5 Å². The monoisotopic (exact) mass is 356 g/mol. The predicted octanol–water partition coefficient (Wildman–Crippen LogP) is 3.18. The molecule has 1 aliphatic rings. The van der Waals surface area contributed by atoms with Gasteiger partial charge in [-0.05, 0) is 38.2 Å². The lowest BCUT2D eigenvalue weighted by molar-refractivity contribution is -0.122. The normalized spacial score (nSPS) is 15.5. The van der Waals surface area contributed by atoms with Gasteiger partial charge >= 0.3 is 0 Å². The summed E-state index contributed by atoms with van der Waals surface area (Å²) in [7, 11) is 1.64. The van der Waals surface area contributed by atoms with E-state index in [4.69, 9.17) is 15.2 Å². The summed E-state index contributed by atoms with van der Waals surface area (Å²) in [6.45, 7) is 2.41. The van der Waals surface area contributed by atoms with Gasteiger partial charge in [0.05, 0.1) is 19.3 Å². The van der Waals surface area contributed by atoms with Crippen molar-refractivity contribution in [2.45, 2.75) is 64.1 Å². The molecule has 1 fully saturated rings. The molecular weight excluding hydrogens is 328 g/mol. The van der Waals surface area contributed by atoms with Crippen LogP contribution in [0.2, 0.25) is 0 Å². The average Bonchev–Trinajstić information content (AvgIpc) is 3.06. The van der Waals surface area contributed by atoms with Crippen molar-refractivity contribution in [1.82, 2.24) is 5.32 Å². The molecule has 2 rings (SSSR count). The lowest BCUT2D eigenvalue weighted by atomic mass is 10.1. The van der Waals surface area contributed by atoms with Crippen molar-refractivity contribution in [2.24, 2.45) is 5.73 Å². The van der Waals surface area contributed by atoms with Crippen LogP contribution < -0.4 is 20.5 Å². The number of amides is 1. The number of carbonyl (C=O) groups excluding carboxylic acids is 1. The van der Waals surface area contributed by atoms with Crippen molar-refractivity contribution >= 4 is 18.3 Å². The number of hydrogen-bond acceptors (Lipinski definition) is 4. The van der Waals surface area contributed by atoms with Crippen LogP contribution in [0.1, 0.15) is 51.0 Å². The number of benzene rings is 1. The molecular formula is C18H29ClN2O3. The van der Waals surface area contributed by atoms with Gasteiger partial charge in [0.15, 0.2) is 11.5 Å². The number of ether oxygens (including phenoxy) is 2. The first kappa shape index (κ1) is 20.6. The first-order valence-electron chi connectivity index (χ1n) is 8.51. The Kier molecular flexibility index (Phi) is 8.93. The van der Waals surface area contributed by atoms with Crippen molar-refractivity contribution in [2.75, 3.05) is 7.11 Å².